The van der Waals surface area contributed by atoms with Crippen LogP contribution in [0.25, 0.3) is 16.9 Å². The Balaban J connectivity index is 1.92. The Morgan fingerprint density at radius 1 is 1.13 bits per heavy atom. The molecule has 3 aromatic rings. The van der Waals surface area contributed by atoms with Crippen LogP contribution in [0.3, 0.4) is 0 Å². The van der Waals surface area contributed by atoms with Crippen molar-refractivity contribution >= 4 is 5.65 Å². The summed E-state index contributed by atoms with van der Waals surface area (Å²) in [4.78, 5) is 4.23. The summed E-state index contributed by atoms with van der Waals surface area (Å²) in [6.07, 6.45) is -6.15. The number of nitrogens with zero attached hydrogens (tertiary/aromatic N) is 4. The maximum atomic E-state index is 14.2. The van der Waals surface area contributed by atoms with Gasteiger partial charge in [-0.15, -0.1) is 10.2 Å². The molecule has 1 unspecified atom stereocenters. The molecule has 0 aliphatic heterocycles. The van der Waals surface area contributed by atoms with Gasteiger partial charge in [0.1, 0.15) is 6.61 Å². The van der Waals surface area contributed by atoms with E-state index in [1.54, 1.807) is 25.1 Å². The number of aromatic nitrogens is 4. The van der Waals surface area contributed by atoms with Crippen LogP contribution < -0.4 is 0 Å². The fourth-order valence-electron chi connectivity index (χ4n) is 2.93. The van der Waals surface area contributed by atoms with Crippen LogP contribution in [0.4, 0.5) is 22.0 Å². The normalized spacial score (nSPS) is 13.7. The van der Waals surface area contributed by atoms with Crippen molar-refractivity contribution < 1.29 is 31.4 Å². The highest BCUT2D eigenvalue weighted by Crippen LogP contribution is 2.31. The van der Waals surface area contributed by atoms with Crippen molar-refractivity contribution in [3.8, 4) is 11.3 Å². The molecule has 162 valence electrons. The Morgan fingerprint density at radius 2 is 1.87 bits per heavy atom. The van der Waals surface area contributed by atoms with E-state index in [0.29, 0.717) is 22.4 Å². The van der Waals surface area contributed by atoms with Gasteiger partial charge in [-0.25, -0.2) is 0 Å². The second kappa shape index (κ2) is 8.23. The van der Waals surface area contributed by atoms with Crippen molar-refractivity contribution in [3.63, 3.8) is 0 Å². The van der Waals surface area contributed by atoms with E-state index in [4.69, 9.17) is 4.74 Å². The molecule has 11 heteroatoms. The molecule has 1 aromatic carbocycles. The van der Waals surface area contributed by atoms with E-state index in [-0.39, 0.29) is 12.3 Å². The predicted molar refractivity (Wildman–Crippen MR) is 96.9 cm³/mol. The van der Waals surface area contributed by atoms with Crippen LogP contribution in [0.5, 0.6) is 0 Å². The van der Waals surface area contributed by atoms with Gasteiger partial charge in [-0.3, -0.25) is 9.38 Å². The summed E-state index contributed by atoms with van der Waals surface area (Å²) in [5, 5.41) is 7.19. The third-order valence-corrected chi connectivity index (χ3v) is 4.37. The summed E-state index contributed by atoms with van der Waals surface area (Å²) in [5.41, 5.74) is 2.34. The van der Waals surface area contributed by atoms with Gasteiger partial charge in [-0.1, -0.05) is 18.2 Å². The van der Waals surface area contributed by atoms with Crippen LogP contribution in [-0.2, 0) is 15.6 Å². The Labute approximate surface area is 168 Å². The van der Waals surface area contributed by atoms with Crippen molar-refractivity contribution in [1.29, 1.82) is 0 Å². The third kappa shape index (κ3) is 4.73. The topological polar surface area (TPSA) is 61.5 Å². The summed E-state index contributed by atoms with van der Waals surface area (Å²) in [5.74, 6) is -0.675. The van der Waals surface area contributed by atoms with Crippen molar-refractivity contribution in [1.82, 2.24) is 19.6 Å². The number of benzene rings is 1. The number of aryl methyl sites for hydroxylation is 1. The number of hydrogen-bond acceptors (Lipinski definition) is 5. The van der Waals surface area contributed by atoms with E-state index in [2.05, 4.69) is 19.9 Å². The lowest BCUT2D eigenvalue weighted by atomic mass is 10.0. The van der Waals surface area contributed by atoms with Gasteiger partial charge in [0, 0.05) is 11.8 Å². The summed E-state index contributed by atoms with van der Waals surface area (Å²) >= 11 is 0. The van der Waals surface area contributed by atoms with Gasteiger partial charge < -0.3 is 9.47 Å². The van der Waals surface area contributed by atoms with Gasteiger partial charge in [0.25, 0.3) is 0 Å². The predicted octanol–water partition coefficient (Wildman–Crippen LogP) is 4.83. The molecule has 2 heterocycles. The van der Waals surface area contributed by atoms with E-state index in [1.165, 1.54) is 26.2 Å². The van der Waals surface area contributed by atoms with Crippen LogP contribution in [0.2, 0.25) is 0 Å². The third-order valence-electron chi connectivity index (χ3n) is 4.37. The van der Waals surface area contributed by atoms with Gasteiger partial charge in [-0.2, -0.15) is 22.0 Å². The number of alkyl halides is 5. The van der Waals surface area contributed by atoms with Crippen LogP contribution in [0.1, 0.15) is 36.9 Å². The molecule has 30 heavy (non-hydrogen) atoms. The lowest BCUT2D eigenvalue weighted by Crippen LogP contribution is -2.21. The van der Waals surface area contributed by atoms with Crippen LogP contribution in [0.15, 0.2) is 30.6 Å². The zero-order chi connectivity index (χ0) is 22.1. The monoisotopic (exact) mass is 430 g/mol. The highest BCUT2D eigenvalue weighted by Gasteiger charge is 2.38. The van der Waals surface area contributed by atoms with E-state index in [9.17, 15) is 22.0 Å². The first-order valence-corrected chi connectivity index (χ1v) is 9.04. The molecule has 2 aromatic heterocycles. The van der Waals surface area contributed by atoms with Gasteiger partial charge in [0.2, 0.25) is 5.82 Å². The Hall–Kier alpha value is -2.66. The first-order chi connectivity index (χ1) is 14.0. The Bertz CT molecular complexity index is 1040. The molecule has 0 bridgehead atoms. The van der Waals surface area contributed by atoms with E-state index in [0.717, 1.165) is 4.40 Å². The van der Waals surface area contributed by atoms with Gasteiger partial charge in [0.15, 0.2) is 5.65 Å². The first kappa shape index (κ1) is 22.0. The average Bonchev–Trinajstić information content (AvgIpc) is 3.09. The van der Waals surface area contributed by atoms with E-state index >= 15 is 0 Å². The van der Waals surface area contributed by atoms with Gasteiger partial charge in [-0.05, 0) is 31.9 Å². The molecule has 6 nitrogen and oxygen atoms in total. The summed E-state index contributed by atoms with van der Waals surface area (Å²) in [6.45, 7) is 3.13. The number of halogens is 5. The summed E-state index contributed by atoms with van der Waals surface area (Å²) in [6, 6.07) is 4.93. The van der Waals surface area contributed by atoms with Crippen LogP contribution in [-0.4, -0.2) is 39.0 Å². The van der Waals surface area contributed by atoms with Gasteiger partial charge >= 0.3 is 12.3 Å². The maximum Gasteiger partial charge on any atom is 0.418 e. The molecule has 1 atom stereocenters. The molecule has 0 radical (unpaired) electrons. The minimum atomic E-state index is -4.41. The SMILES string of the molecule is CCOC(F)(F)c1nnc2cnc(-c3ccc(C(C)OCC(F)(F)F)cc3C)cn12. The molecule has 0 N–H and O–H groups in total. The molecule has 0 amide bonds. The minimum absolute atomic E-state index is 0.122. The highest BCUT2D eigenvalue weighted by molar-refractivity contribution is 5.64. The number of hydrogen-bond donors (Lipinski definition) is 0. The summed E-state index contributed by atoms with van der Waals surface area (Å²) in [7, 11) is 0. The van der Waals surface area contributed by atoms with Crippen LogP contribution >= 0.6 is 0 Å². The molecule has 0 spiro atoms. The number of ether oxygens (including phenoxy) is 2. The van der Waals surface area contributed by atoms with E-state index < -0.39 is 30.8 Å². The lowest BCUT2D eigenvalue weighted by Gasteiger charge is -2.17. The fraction of sp³-hybridized carbons (Fsp3) is 0.421. The van der Waals surface area contributed by atoms with Crippen molar-refractivity contribution in [2.45, 2.75) is 39.2 Å². The number of fused-ring (bicyclic) bond motifs is 1. The smallest absolute Gasteiger partial charge is 0.364 e. The van der Waals surface area contributed by atoms with E-state index in [1.807, 2.05) is 0 Å². The zero-order valence-corrected chi connectivity index (χ0v) is 16.4. The van der Waals surface area contributed by atoms with Crippen molar-refractivity contribution in [3.05, 3.63) is 47.5 Å². The van der Waals surface area contributed by atoms with Crippen molar-refractivity contribution in [2.75, 3.05) is 13.2 Å². The fourth-order valence-corrected chi connectivity index (χ4v) is 2.93. The molecule has 0 saturated heterocycles. The Morgan fingerprint density at radius 3 is 2.50 bits per heavy atom. The standard InChI is InChI=1S/C19H19F5N4O2/c1-4-30-19(23,24)17-27-26-16-8-25-15(9-28(16)17)14-6-5-13(7-11(14)2)12(3)29-10-18(20,21)22/h5-9,12H,4,10H2,1-3H3. The van der Waals surface area contributed by atoms with Crippen molar-refractivity contribution in [2.24, 2.45) is 0 Å². The molecular weight excluding hydrogens is 411 g/mol. The summed E-state index contributed by atoms with van der Waals surface area (Å²) < 4.78 is 75.8. The molecule has 0 aliphatic rings. The lowest BCUT2D eigenvalue weighted by molar-refractivity contribution is -0.251. The average molecular weight is 430 g/mol. The molecule has 0 saturated carbocycles. The minimum Gasteiger partial charge on any atom is -0.364 e. The quantitative estimate of drug-likeness (QED) is 0.503. The maximum absolute atomic E-state index is 14.2. The molecule has 0 fully saturated rings. The highest BCUT2D eigenvalue weighted by atomic mass is 19.4. The second-order valence-corrected chi connectivity index (χ2v) is 6.62. The largest absolute Gasteiger partial charge is 0.418 e. The Kier molecular flexibility index (Phi) is 6.04. The molecule has 0 aliphatic carbocycles. The van der Waals surface area contributed by atoms with Crippen LogP contribution in [0, 0.1) is 6.92 Å². The molecule has 3 rings (SSSR count). The van der Waals surface area contributed by atoms with Gasteiger partial charge in [0.05, 0.1) is 24.6 Å². The zero-order valence-electron chi connectivity index (χ0n) is 16.4. The second-order valence-electron chi connectivity index (χ2n) is 6.62. The molecular formula is C19H19F5N4O2. The number of rotatable bonds is 7. The first-order valence-electron chi connectivity index (χ1n) is 9.04.